The van der Waals surface area contributed by atoms with Crippen molar-refractivity contribution in [2.75, 3.05) is 13.7 Å². The molecule has 4 nitrogen and oxygen atoms in total. The third-order valence-corrected chi connectivity index (χ3v) is 3.25. The SMILES string of the molecule is CC(C)N(C)C(=O)COc1ccc(Br)cc1CN. The average molecular weight is 315 g/mol. The van der Waals surface area contributed by atoms with Crippen molar-refractivity contribution in [1.29, 1.82) is 0 Å². The fourth-order valence-electron chi connectivity index (χ4n) is 1.38. The number of rotatable bonds is 5. The number of nitrogens with zero attached hydrogens (tertiary/aromatic N) is 1. The third kappa shape index (κ3) is 3.99. The molecular weight excluding hydrogens is 296 g/mol. The van der Waals surface area contributed by atoms with E-state index in [-0.39, 0.29) is 18.6 Å². The Morgan fingerprint density at radius 2 is 2.17 bits per heavy atom. The van der Waals surface area contributed by atoms with Crippen LogP contribution in [0.15, 0.2) is 22.7 Å². The molecule has 1 amide bonds. The molecule has 2 N–H and O–H groups in total. The quantitative estimate of drug-likeness (QED) is 0.906. The normalized spacial score (nSPS) is 10.6. The summed E-state index contributed by atoms with van der Waals surface area (Å²) in [5.74, 6) is 0.613. The second-order valence-electron chi connectivity index (χ2n) is 4.34. The molecule has 0 saturated carbocycles. The van der Waals surface area contributed by atoms with Crippen LogP contribution in [0.1, 0.15) is 19.4 Å². The molecule has 1 aromatic rings. The van der Waals surface area contributed by atoms with Crippen LogP contribution in [0, 0.1) is 0 Å². The van der Waals surface area contributed by atoms with E-state index < -0.39 is 0 Å². The molecule has 0 aliphatic heterocycles. The first-order chi connectivity index (χ1) is 8.45. The van der Waals surface area contributed by atoms with Gasteiger partial charge in [0.15, 0.2) is 6.61 Å². The topological polar surface area (TPSA) is 55.6 Å². The van der Waals surface area contributed by atoms with Gasteiger partial charge in [-0.15, -0.1) is 0 Å². The standard InChI is InChI=1S/C13H19BrN2O2/c1-9(2)16(3)13(17)8-18-12-5-4-11(14)6-10(12)7-15/h4-6,9H,7-8,15H2,1-3H3. The van der Waals surface area contributed by atoms with E-state index in [1.54, 1.807) is 11.9 Å². The molecule has 0 saturated heterocycles. The van der Waals surface area contributed by atoms with E-state index >= 15 is 0 Å². The van der Waals surface area contributed by atoms with E-state index in [1.807, 2.05) is 32.0 Å². The van der Waals surface area contributed by atoms with E-state index in [2.05, 4.69) is 15.9 Å². The Morgan fingerprint density at radius 1 is 1.50 bits per heavy atom. The fraction of sp³-hybridized carbons (Fsp3) is 0.462. The van der Waals surface area contributed by atoms with Crippen LogP contribution in [-0.2, 0) is 11.3 Å². The van der Waals surface area contributed by atoms with Crippen molar-refractivity contribution < 1.29 is 9.53 Å². The van der Waals surface area contributed by atoms with Crippen LogP contribution in [0.2, 0.25) is 0 Å². The molecule has 0 aromatic heterocycles. The number of hydrogen-bond donors (Lipinski definition) is 1. The molecule has 0 fully saturated rings. The van der Waals surface area contributed by atoms with Gasteiger partial charge in [0.25, 0.3) is 5.91 Å². The first-order valence-electron chi connectivity index (χ1n) is 5.82. The molecule has 0 spiro atoms. The lowest BCUT2D eigenvalue weighted by atomic mass is 10.2. The van der Waals surface area contributed by atoms with Crippen LogP contribution in [0.3, 0.4) is 0 Å². The molecule has 0 bridgehead atoms. The number of amides is 1. The maximum Gasteiger partial charge on any atom is 0.260 e. The molecule has 0 aliphatic carbocycles. The second kappa shape index (κ2) is 6.75. The Hall–Kier alpha value is -1.07. The van der Waals surface area contributed by atoms with Crippen LogP contribution in [0.4, 0.5) is 0 Å². The van der Waals surface area contributed by atoms with E-state index in [9.17, 15) is 4.79 Å². The van der Waals surface area contributed by atoms with Gasteiger partial charge in [-0.25, -0.2) is 0 Å². The Labute approximate surface area is 116 Å². The van der Waals surface area contributed by atoms with Gasteiger partial charge < -0.3 is 15.4 Å². The lowest BCUT2D eigenvalue weighted by molar-refractivity contribution is -0.133. The Balaban J connectivity index is 2.66. The van der Waals surface area contributed by atoms with Crippen LogP contribution in [0.25, 0.3) is 0 Å². The summed E-state index contributed by atoms with van der Waals surface area (Å²) in [7, 11) is 1.77. The maximum atomic E-state index is 11.8. The molecule has 100 valence electrons. The highest BCUT2D eigenvalue weighted by Gasteiger charge is 2.13. The first kappa shape index (κ1) is 15.0. The lowest BCUT2D eigenvalue weighted by Crippen LogP contribution is -2.36. The average Bonchev–Trinajstić information content (AvgIpc) is 2.35. The van der Waals surface area contributed by atoms with Gasteiger partial charge in [0.1, 0.15) is 5.75 Å². The molecule has 0 atom stereocenters. The number of carbonyl (C=O) groups is 1. The minimum atomic E-state index is -0.0455. The molecule has 0 unspecified atom stereocenters. The van der Waals surface area contributed by atoms with Gasteiger partial charge in [0.05, 0.1) is 0 Å². The van der Waals surface area contributed by atoms with Crippen LogP contribution < -0.4 is 10.5 Å². The van der Waals surface area contributed by atoms with Crippen molar-refractivity contribution in [3.8, 4) is 5.75 Å². The lowest BCUT2D eigenvalue weighted by Gasteiger charge is -2.21. The molecule has 18 heavy (non-hydrogen) atoms. The van der Waals surface area contributed by atoms with Gasteiger partial charge in [-0.1, -0.05) is 15.9 Å². The largest absolute Gasteiger partial charge is 0.483 e. The minimum Gasteiger partial charge on any atom is -0.483 e. The number of hydrogen-bond acceptors (Lipinski definition) is 3. The number of benzene rings is 1. The van der Waals surface area contributed by atoms with Gasteiger partial charge in [0.2, 0.25) is 0 Å². The molecule has 0 radical (unpaired) electrons. The van der Waals surface area contributed by atoms with Gasteiger partial charge in [-0.3, -0.25) is 4.79 Å². The zero-order valence-corrected chi connectivity index (χ0v) is 12.5. The molecule has 1 rings (SSSR count). The van der Waals surface area contributed by atoms with Crippen LogP contribution in [0.5, 0.6) is 5.75 Å². The summed E-state index contributed by atoms with van der Waals surface area (Å²) >= 11 is 3.37. The first-order valence-corrected chi connectivity index (χ1v) is 6.62. The number of nitrogens with two attached hydrogens (primary N) is 1. The highest BCUT2D eigenvalue weighted by Crippen LogP contribution is 2.22. The van der Waals surface area contributed by atoms with Crippen molar-refractivity contribution in [3.63, 3.8) is 0 Å². The third-order valence-electron chi connectivity index (χ3n) is 2.76. The highest BCUT2D eigenvalue weighted by molar-refractivity contribution is 9.10. The van der Waals surface area contributed by atoms with Crippen molar-refractivity contribution in [2.45, 2.75) is 26.4 Å². The monoisotopic (exact) mass is 314 g/mol. The second-order valence-corrected chi connectivity index (χ2v) is 5.26. The fourth-order valence-corrected chi connectivity index (χ4v) is 1.79. The van der Waals surface area contributed by atoms with E-state index in [0.29, 0.717) is 12.3 Å². The summed E-state index contributed by atoms with van der Waals surface area (Å²) in [6.45, 7) is 4.33. The Morgan fingerprint density at radius 3 is 2.72 bits per heavy atom. The maximum absolute atomic E-state index is 11.8. The minimum absolute atomic E-state index is 0.0311. The van der Waals surface area contributed by atoms with E-state index in [1.165, 1.54) is 0 Å². The van der Waals surface area contributed by atoms with Crippen LogP contribution in [-0.4, -0.2) is 30.5 Å². The van der Waals surface area contributed by atoms with E-state index in [0.717, 1.165) is 10.0 Å². The molecular formula is C13H19BrN2O2. The summed E-state index contributed by atoms with van der Waals surface area (Å²) in [4.78, 5) is 13.4. The number of ether oxygens (including phenoxy) is 1. The summed E-state index contributed by atoms with van der Waals surface area (Å²) in [6, 6.07) is 5.74. The zero-order chi connectivity index (χ0) is 13.7. The Bertz CT molecular complexity index is 421. The molecule has 5 heteroatoms. The summed E-state index contributed by atoms with van der Waals surface area (Å²) in [6.07, 6.45) is 0. The zero-order valence-electron chi connectivity index (χ0n) is 10.9. The predicted molar refractivity (Wildman–Crippen MR) is 75.4 cm³/mol. The molecule has 0 aliphatic rings. The van der Waals surface area contributed by atoms with Gasteiger partial charge in [-0.2, -0.15) is 0 Å². The number of carbonyl (C=O) groups excluding carboxylic acids is 1. The van der Waals surface area contributed by atoms with Crippen LogP contribution >= 0.6 is 15.9 Å². The van der Waals surface area contributed by atoms with Crippen molar-refractivity contribution in [1.82, 2.24) is 4.90 Å². The van der Waals surface area contributed by atoms with Crippen molar-refractivity contribution in [2.24, 2.45) is 5.73 Å². The summed E-state index contributed by atoms with van der Waals surface area (Å²) in [5, 5.41) is 0. The van der Waals surface area contributed by atoms with Gasteiger partial charge in [-0.05, 0) is 32.0 Å². The smallest absolute Gasteiger partial charge is 0.260 e. The Kier molecular flexibility index (Phi) is 5.62. The van der Waals surface area contributed by atoms with Gasteiger partial charge in [0, 0.05) is 29.7 Å². The van der Waals surface area contributed by atoms with Crippen molar-refractivity contribution in [3.05, 3.63) is 28.2 Å². The number of halogens is 1. The number of likely N-dealkylation sites (N-methyl/N-ethyl adjacent to an activating group) is 1. The van der Waals surface area contributed by atoms with Crippen molar-refractivity contribution >= 4 is 21.8 Å². The van der Waals surface area contributed by atoms with Gasteiger partial charge >= 0.3 is 0 Å². The molecule has 1 aromatic carbocycles. The summed E-state index contributed by atoms with van der Waals surface area (Å²) in [5.41, 5.74) is 6.52. The predicted octanol–water partition coefficient (Wildman–Crippen LogP) is 2.15. The highest BCUT2D eigenvalue weighted by atomic mass is 79.9. The molecule has 0 heterocycles. The summed E-state index contributed by atoms with van der Waals surface area (Å²) < 4.78 is 6.47. The van der Waals surface area contributed by atoms with E-state index in [4.69, 9.17) is 10.5 Å².